The Morgan fingerprint density at radius 2 is 1.18 bits per heavy atom. The van der Waals surface area contributed by atoms with Crippen molar-refractivity contribution in [2.45, 2.75) is 242 Å². The van der Waals surface area contributed by atoms with Crippen molar-refractivity contribution in [3.05, 3.63) is 5.82 Å². The van der Waals surface area contributed by atoms with Crippen LogP contribution in [-0.4, -0.2) is 80.3 Å². The maximum Gasteiger partial charge on any atom is 0.230 e. The van der Waals surface area contributed by atoms with E-state index >= 15 is 0 Å². The number of anilines is 2. The van der Waals surface area contributed by atoms with Crippen LogP contribution in [0.25, 0.3) is 0 Å². The SMILES string of the molecule is CCC(C)(CC)c1nc(NC(C)(C)CC(C)(C)C)nc(N(CCCCCCN(C2C(C)(C)CNCC2(C)C)C(C)(CC)CC)C2CC(C)(C)NC(C)(C)C2)n1. The highest BCUT2D eigenvalue weighted by Gasteiger charge is 2.50. The smallest absolute Gasteiger partial charge is 0.230 e. The van der Waals surface area contributed by atoms with Gasteiger partial charge in [0.15, 0.2) is 0 Å². The Morgan fingerprint density at radius 1 is 0.673 bits per heavy atom. The lowest BCUT2D eigenvalue weighted by molar-refractivity contribution is -0.0820. The first-order valence-electron chi connectivity index (χ1n) is 22.7. The number of nitrogens with zero attached hydrogens (tertiary/aromatic N) is 5. The zero-order valence-corrected chi connectivity index (χ0v) is 40.0. The van der Waals surface area contributed by atoms with E-state index in [1.54, 1.807) is 0 Å². The minimum atomic E-state index is -0.162. The standard InChI is InChI=1S/C47H92N8/c1-20-46(18,21-2)37-49-38(52-45(16,17)32-40(5,6)7)51-39(50-37)54(35-30-43(12,13)53-44(14,15)31-35)28-26-24-25-27-29-55(47(19,22-3)23-4)36-41(8,9)33-48-34-42(36,10)11/h35-36,48,53H,20-34H2,1-19H3,(H,49,50,51,52). The Kier molecular flexibility index (Phi) is 15.5. The molecule has 3 heterocycles. The summed E-state index contributed by atoms with van der Waals surface area (Å²) in [6.07, 6.45) is 12.3. The van der Waals surface area contributed by atoms with E-state index in [2.05, 4.69) is 157 Å². The predicted octanol–water partition coefficient (Wildman–Crippen LogP) is 11.2. The van der Waals surface area contributed by atoms with Crippen molar-refractivity contribution in [2.24, 2.45) is 16.2 Å². The van der Waals surface area contributed by atoms with Gasteiger partial charge in [0.2, 0.25) is 11.9 Å². The van der Waals surface area contributed by atoms with Crippen molar-refractivity contribution >= 4 is 11.9 Å². The van der Waals surface area contributed by atoms with Crippen LogP contribution in [-0.2, 0) is 5.41 Å². The van der Waals surface area contributed by atoms with Gasteiger partial charge >= 0.3 is 0 Å². The summed E-state index contributed by atoms with van der Waals surface area (Å²) >= 11 is 0. The van der Waals surface area contributed by atoms with Crippen molar-refractivity contribution in [1.29, 1.82) is 0 Å². The van der Waals surface area contributed by atoms with Crippen LogP contribution in [0.2, 0.25) is 0 Å². The van der Waals surface area contributed by atoms with E-state index in [1.807, 2.05) is 0 Å². The molecule has 0 saturated carbocycles. The normalized spacial score (nSPS) is 20.9. The van der Waals surface area contributed by atoms with Gasteiger partial charge in [-0.15, -0.1) is 0 Å². The van der Waals surface area contributed by atoms with Gasteiger partial charge in [-0.1, -0.05) is 95.9 Å². The number of nitrogens with one attached hydrogen (secondary N) is 3. The molecular formula is C47H92N8. The quantitative estimate of drug-likeness (QED) is 0.120. The molecule has 2 aliphatic heterocycles. The largest absolute Gasteiger partial charge is 0.349 e. The fourth-order valence-corrected chi connectivity index (χ4v) is 11.1. The lowest BCUT2D eigenvalue weighted by Gasteiger charge is -2.59. The molecule has 0 aromatic carbocycles. The summed E-state index contributed by atoms with van der Waals surface area (Å²) in [6.45, 7) is 49.4. The number of aromatic nitrogens is 3. The van der Waals surface area contributed by atoms with E-state index < -0.39 is 0 Å². The highest BCUT2D eigenvalue weighted by Crippen LogP contribution is 2.45. The molecule has 0 aliphatic carbocycles. The van der Waals surface area contributed by atoms with Gasteiger partial charge in [-0.25, -0.2) is 0 Å². The van der Waals surface area contributed by atoms with Crippen LogP contribution >= 0.6 is 0 Å². The van der Waals surface area contributed by atoms with Crippen LogP contribution in [0.15, 0.2) is 0 Å². The third kappa shape index (κ3) is 12.7. The number of rotatable bonds is 19. The van der Waals surface area contributed by atoms with Crippen molar-refractivity contribution in [3.63, 3.8) is 0 Å². The molecule has 3 rings (SSSR count). The number of piperidine rings is 2. The van der Waals surface area contributed by atoms with Crippen LogP contribution in [0.3, 0.4) is 0 Å². The fraction of sp³-hybridized carbons (Fsp3) is 0.936. The molecule has 2 saturated heterocycles. The number of hydrogen-bond donors (Lipinski definition) is 3. The maximum atomic E-state index is 5.42. The van der Waals surface area contributed by atoms with E-state index in [9.17, 15) is 0 Å². The average Bonchev–Trinajstić information content (AvgIpc) is 3.02. The highest BCUT2D eigenvalue weighted by atomic mass is 15.3. The lowest BCUT2D eigenvalue weighted by atomic mass is 9.64. The third-order valence-electron chi connectivity index (χ3n) is 13.7. The molecule has 1 aromatic heterocycles. The van der Waals surface area contributed by atoms with Gasteiger partial charge in [0.05, 0.1) is 0 Å². The second-order valence-electron chi connectivity index (χ2n) is 23.2. The first-order valence-corrected chi connectivity index (χ1v) is 22.7. The first-order chi connectivity index (χ1) is 25.1. The molecule has 320 valence electrons. The van der Waals surface area contributed by atoms with Crippen molar-refractivity contribution in [2.75, 3.05) is 36.4 Å². The van der Waals surface area contributed by atoms with E-state index in [4.69, 9.17) is 15.0 Å². The molecule has 1 aromatic rings. The summed E-state index contributed by atoms with van der Waals surface area (Å²) in [5.74, 6) is 2.50. The molecule has 0 unspecified atom stereocenters. The first kappa shape index (κ1) is 47.9. The molecule has 2 aliphatic rings. The van der Waals surface area contributed by atoms with Gasteiger partial charge < -0.3 is 20.9 Å². The zero-order valence-electron chi connectivity index (χ0n) is 40.0. The molecule has 2 fully saturated rings. The van der Waals surface area contributed by atoms with Gasteiger partial charge in [-0.05, 0) is 129 Å². The Hall–Kier alpha value is -1.51. The van der Waals surface area contributed by atoms with Crippen LogP contribution in [0.1, 0.15) is 208 Å². The lowest BCUT2D eigenvalue weighted by Crippen LogP contribution is -2.67. The van der Waals surface area contributed by atoms with E-state index in [0.717, 1.165) is 75.9 Å². The summed E-state index contributed by atoms with van der Waals surface area (Å²) in [6, 6.07) is 0.875. The predicted molar refractivity (Wildman–Crippen MR) is 240 cm³/mol. The summed E-state index contributed by atoms with van der Waals surface area (Å²) in [5.41, 5.74) is 0.573. The van der Waals surface area contributed by atoms with E-state index in [0.29, 0.717) is 12.1 Å². The van der Waals surface area contributed by atoms with Crippen LogP contribution in [0, 0.1) is 16.2 Å². The molecule has 0 spiro atoms. The summed E-state index contributed by atoms with van der Waals surface area (Å²) in [7, 11) is 0. The molecule has 0 radical (unpaired) electrons. The van der Waals surface area contributed by atoms with Gasteiger partial charge in [-0.2, -0.15) is 15.0 Å². The molecular weight excluding hydrogens is 677 g/mol. The van der Waals surface area contributed by atoms with Crippen molar-refractivity contribution in [1.82, 2.24) is 30.5 Å². The van der Waals surface area contributed by atoms with Crippen LogP contribution in [0.4, 0.5) is 11.9 Å². The Labute approximate surface area is 341 Å². The van der Waals surface area contributed by atoms with Gasteiger partial charge in [0.1, 0.15) is 5.82 Å². The third-order valence-corrected chi connectivity index (χ3v) is 13.7. The number of hydrogen-bond acceptors (Lipinski definition) is 8. The molecule has 3 N–H and O–H groups in total. The molecule has 55 heavy (non-hydrogen) atoms. The Balaban J connectivity index is 1.94. The van der Waals surface area contributed by atoms with Crippen molar-refractivity contribution in [3.8, 4) is 0 Å². The van der Waals surface area contributed by atoms with E-state index in [1.165, 1.54) is 38.6 Å². The number of unbranched alkanes of at least 4 members (excludes halogenated alkanes) is 3. The van der Waals surface area contributed by atoms with E-state index in [-0.39, 0.29) is 43.8 Å². The van der Waals surface area contributed by atoms with Gasteiger partial charge in [0.25, 0.3) is 0 Å². The topological polar surface area (TPSA) is 81.2 Å². The second-order valence-corrected chi connectivity index (χ2v) is 23.2. The summed E-state index contributed by atoms with van der Waals surface area (Å²) in [5, 5.41) is 11.5. The average molecular weight is 769 g/mol. The minimum Gasteiger partial charge on any atom is -0.349 e. The molecule has 8 nitrogen and oxygen atoms in total. The second kappa shape index (κ2) is 17.8. The van der Waals surface area contributed by atoms with Crippen molar-refractivity contribution < 1.29 is 0 Å². The zero-order chi connectivity index (χ0) is 41.9. The summed E-state index contributed by atoms with van der Waals surface area (Å²) < 4.78 is 0. The Morgan fingerprint density at radius 3 is 1.65 bits per heavy atom. The molecule has 0 bridgehead atoms. The monoisotopic (exact) mass is 769 g/mol. The van der Waals surface area contributed by atoms with Crippen LogP contribution in [0.5, 0.6) is 0 Å². The van der Waals surface area contributed by atoms with Gasteiger partial charge in [0, 0.05) is 59.3 Å². The maximum absolute atomic E-state index is 5.42. The molecule has 8 heteroatoms. The highest BCUT2D eigenvalue weighted by molar-refractivity contribution is 5.41. The fourth-order valence-electron chi connectivity index (χ4n) is 11.1. The minimum absolute atomic E-state index is 0.0164. The van der Waals surface area contributed by atoms with Gasteiger partial charge in [-0.3, -0.25) is 4.90 Å². The van der Waals surface area contributed by atoms with Crippen LogP contribution < -0.4 is 20.9 Å². The molecule has 0 atom stereocenters. The Bertz CT molecular complexity index is 1310. The summed E-state index contributed by atoms with van der Waals surface area (Å²) in [4.78, 5) is 21.5. The molecule has 0 amide bonds.